The van der Waals surface area contributed by atoms with E-state index in [4.69, 9.17) is 0 Å². The number of ether oxygens (including phenoxy) is 1. The number of esters is 1. The number of nitrogens with zero attached hydrogens (tertiary/aromatic N) is 1. The third-order valence-corrected chi connectivity index (χ3v) is 4.45. The number of hydrogen-bond acceptors (Lipinski definition) is 3. The molecule has 25 heavy (non-hydrogen) atoms. The number of benzene rings is 2. The normalized spacial score (nSPS) is 15.1. The second-order valence-electron chi connectivity index (χ2n) is 6.10. The number of hydrogen-bond donors (Lipinski definition) is 0. The van der Waals surface area contributed by atoms with Gasteiger partial charge in [0.25, 0.3) is 0 Å². The smallest absolute Gasteiger partial charge is 0.306 e. The maximum Gasteiger partial charge on any atom is 0.306 e. The van der Waals surface area contributed by atoms with E-state index in [-0.39, 0.29) is 24.7 Å². The molecule has 1 aliphatic rings. The van der Waals surface area contributed by atoms with Crippen LogP contribution in [-0.4, -0.2) is 19.0 Å². The molecule has 1 heterocycles. The van der Waals surface area contributed by atoms with Crippen LogP contribution in [0.5, 0.6) is 0 Å². The van der Waals surface area contributed by atoms with E-state index in [1.165, 1.54) is 7.11 Å². The van der Waals surface area contributed by atoms with E-state index in [1.807, 2.05) is 42.5 Å². The van der Waals surface area contributed by atoms with Crippen molar-refractivity contribution in [3.8, 4) is 0 Å². The van der Waals surface area contributed by atoms with Crippen LogP contribution in [0.25, 0.3) is 11.6 Å². The van der Waals surface area contributed by atoms with Crippen LogP contribution in [0.4, 0.5) is 5.69 Å². The van der Waals surface area contributed by atoms with E-state index in [1.54, 1.807) is 4.90 Å². The number of carbonyl (C=O) groups is 2. The van der Waals surface area contributed by atoms with Gasteiger partial charge in [0.15, 0.2) is 0 Å². The van der Waals surface area contributed by atoms with Crippen LogP contribution >= 0.6 is 0 Å². The van der Waals surface area contributed by atoms with Gasteiger partial charge in [-0.3, -0.25) is 9.59 Å². The first kappa shape index (κ1) is 17.0. The fraction of sp³-hybridized carbons (Fsp3) is 0.238. The summed E-state index contributed by atoms with van der Waals surface area (Å²) in [5.41, 5.74) is 5.21. The summed E-state index contributed by atoms with van der Waals surface area (Å²) in [4.78, 5) is 26.0. The molecule has 0 atom stereocenters. The second kappa shape index (κ2) is 7.34. The number of rotatable bonds is 3. The maximum atomic E-state index is 12.9. The van der Waals surface area contributed by atoms with Crippen molar-refractivity contribution in [1.29, 1.82) is 0 Å². The Labute approximate surface area is 147 Å². The van der Waals surface area contributed by atoms with E-state index in [0.717, 1.165) is 28.0 Å². The third-order valence-electron chi connectivity index (χ3n) is 4.45. The summed E-state index contributed by atoms with van der Waals surface area (Å²) in [6.45, 7) is 2.54. The Morgan fingerprint density at radius 2 is 1.76 bits per heavy atom. The summed E-state index contributed by atoms with van der Waals surface area (Å²) in [6.07, 6.45) is 2.38. The zero-order valence-electron chi connectivity index (χ0n) is 14.5. The highest BCUT2D eigenvalue weighted by Crippen LogP contribution is 2.33. The standard InChI is InChI=1S/C21H21NO3/c1-15-13-16-7-3-4-8-17(16)14-22(19-10-6-5-9-18(15)19)20(23)11-12-21(24)25-2/h3-10,13H,11-12,14H2,1-2H3/b15-13-. The SMILES string of the molecule is COC(=O)CCC(=O)N1Cc2ccccc2/C=C(/C)c2ccccc21. The average Bonchev–Trinajstić information content (AvgIpc) is 2.63. The van der Waals surface area contributed by atoms with Gasteiger partial charge in [0.1, 0.15) is 0 Å². The molecular weight excluding hydrogens is 314 g/mol. The van der Waals surface area contributed by atoms with Crippen molar-refractivity contribution in [3.63, 3.8) is 0 Å². The minimum Gasteiger partial charge on any atom is -0.469 e. The fourth-order valence-electron chi connectivity index (χ4n) is 3.10. The highest BCUT2D eigenvalue weighted by Gasteiger charge is 2.22. The molecule has 0 aromatic heterocycles. The molecule has 128 valence electrons. The van der Waals surface area contributed by atoms with Crippen LogP contribution < -0.4 is 4.90 Å². The van der Waals surface area contributed by atoms with Gasteiger partial charge in [-0.05, 0) is 29.7 Å². The van der Waals surface area contributed by atoms with Crippen LogP contribution in [0, 0.1) is 0 Å². The molecule has 0 saturated carbocycles. The Bertz CT molecular complexity index is 839. The first-order valence-electron chi connectivity index (χ1n) is 8.33. The number of allylic oxidation sites excluding steroid dienone is 1. The van der Waals surface area contributed by atoms with Gasteiger partial charge in [0.05, 0.1) is 25.8 Å². The Kier molecular flexibility index (Phi) is 4.98. The zero-order valence-corrected chi connectivity index (χ0v) is 14.5. The highest BCUT2D eigenvalue weighted by molar-refractivity contribution is 5.99. The molecule has 0 saturated heterocycles. The van der Waals surface area contributed by atoms with Gasteiger partial charge >= 0.3 is 5.97 Å². The molecule has 3 rings (SSSR count). The maximum absolute atomic E-state index is 12.9. The lowest BCUT2D eigenvalue weighted by Gasteiger charge is -2.28. The van der Waals surface area contributed by atoms with Crippen molar-refractivity contribution in [1.82, 2.24) is 0 Å². The lowest BCUT2D eigenvalue weighted by atomic mass is 9.96. The summed E-state index contributed by atoms with van der Waals surface area (Å²) in [5, 5.41) is 0. The number of fused-ring (bicyclic) bond motifs is 2. The molecule has 0 N–H and O–H groups in total. The van der Waals surface area contributed by atoms with Crippen molar-refractivity contribution in [2.24, 2.45) is 0 Å². The van der Waals surface area contributed by atoms with Crippen LogP contribution in [0.2, 0.25) is 0 Å². The minimum atomic E-state index is -0.370. The van der Waals surface area contributed by atoms with E-state index in [9.17, 15) is 9.59 Å². The summed E-state index contributed by atoms with van der Waals surface area (Å²) in [6, 6.07) is 16.0. The molecule has 4 heteroatoms. The molecule has 1 amide bonds. The third kappa shape index (κ3) is 3.63. The Morgan fingerprint density at radius 3 is 2.56 bits per heavy atom. The topological polar surface area (TPSA) is 46.6 Å². The Balaban J connectivity index is 2.02. The number of anilines is 1. The number of para-hydroxylation sites is 1. The molecule has 1 aliphatic heterocycles. The molecule has 0 aliphatic carbocycles. The quantitative estimate of drug-likeness (QED) is 0.795. The van der Waals surface area contributed by atoms with Crippen LogP contribution in [-0.2, 0) is 20.9 Å². The predicted octanol–water partition coefficient (Wildman–Crippen LogP) is 4.05. The molecule has 0 bridgehead atoms. The van der Waals surface area contributed by atoms with Crippen molar-refractivity contribution in [2.45, 2.75) is 26.3 Å². The van der Waals surface area contributed by atoms with Crippen molar-refractivity contribution in [3.05, 3.63) is 65.2 Å². The molecule has 0 radical (unpaired) electrons. The van der Waals surface area contributed by atoms with Crippen LogP contribution in [0.15, 0.2) is 48.5 Å². The van der Waals surface area contributed by atoms with E-state index in [2.05, 4.69) is 23.8 Å². The monoisotopic (exact) mass is 335 g/mol. The average molecular weight is 335 g/mol. The van der Waals surface area contributed by atoms with Crippen LogP contribution in [0.3, 0.4) is 0 Å². The van der Waals surface area contributed by atoms with E-state index >= 15 is 0 Å². The van der Waals surface area contributed by atoms with Crippen molar-refractivity contribution in [2.75, 3.05) is 12.0 Å². The van der Waals surface area contributed by atoms with Gasteiger partial charge in [-0.1, -0.05) is 48.5 Å². The van der Waals surface area contributed by atoms with Gasteiger partial charge in [-0.2, -0.15) is 0 Å². The summed E-state index contributed by atoms with van der Waals surface area (Å²) in [5.74, 6) is -0.451. The van der Waals surface area contributed by atoms with Gasteiger partial charge in [-0.15, -0.1) is 0 Å². The number of amides is 1. The number of methoxy groups -OCH3 is 1. The molecule has 0 unspecified atom stereocenters. The predicted molar refractivity (Wildman–Crippen MR) is 98.9 cm³/mol. The Morgan fingerprint density at radius 1 is 1.04 bits per heavy atom. The highest BCUT2D eigenvalue weighted by atomic mass is 16.5. The molecule has 0 spiro atoms. The van der Waals surface area contributed by atoms with Crippen molar-refractivity contribution >= 4 is 29.2 Å². The van der Waals surface area contributed by atoms with Gasteiger partial charge in [-0.25, -0.2) is 0 Å². The first-order chi connectivity index (χ1) is 12.1. The van der Waals surface area contributed by atoms with Gasteiger partial charge in [0, 0.05) is 12.0 Å². The summed E-state index contributed by atoms with van der Waals surface area (Å²) < 4.78 is 4.66. The Hall–Kier alpha value is -2.88. The first-order valence-corrected chi connectivity index (χ1v) is 8.33. The molecule has 0 fully saturated rings. The second-order valence-corrected chi connectivity index (χ2v) is 6.10. The fourth-order valence-corrected chi connectivity index (χ4v) is 3.10. The summed E-state index contributed by atoms with van der Waals surface area (Å²) in [7, 11) is 1.34. The lowest BCUT2D eigenvalue weighted by molar-refractivity contribution is -0.141. The van der Waals surface area contributed by atoms with Gasteiger partial charge < -0.3 is 9.64 Å². The molecular formula is C21H21NO3. The number of carbonyl (C=O) groups excluding carboxylic acids is 2. The largest absolute Gasteiger partial charge is 0.469 e. The van der Waals surface area contributed by atoms with Gasteiger partial charge in [0.2, 0.25) is 5.91 Å². The van der Waals surface area contributed by atoms with E-state index in [0.29, 0.717) is 6.54 Å². The zero-order chi connectivity index (χ0) is 17.8. The molecule has 2 aromatic carbocycles. The minimum absolute atomic E-state index is 0.0812. The molecule has 4 nitrogen and oxygen atoms in total. The lowest BCUT2D eigenvalue weighted by Crippen LogP contribution is -2.32. The van der Waals surface area contributed by atoms with E-state index < -0.39 is 0 Å². The van der Waals surface area contributed by atoms with Crippen LogP contribution in [0.1, 0.15) is 36.5 Å². The summed E-state index contributed by atoms with van der Waals surface area (Å²) >= 11 is 0. The molecule has 2 aromatic rings. The van der Waals surface area contributed by atoms with Crippen molar-refractivity contribution < 1.29 is 14.3 Å².